The van der Waals surface area contributed by atoms with Crippen molar-refractivity contribution in [3.8, 4) is 5.75 Å². The molecular formula is C11H14BrNO. The molecule has 1 aromatic rings. The van der Waals surface area contributed by atoms with Crippen LogP contribution in [0.1, 0.15) is 16.7 Å². The van der Waals surface area contributed by atoms with Crippen molar-refractivity contribution in [2.45, 2.75) is 19.9 Å². The van der Waals surface area contributed by atoms with Crippen molar-refractivity contribution >= 4 is 15.9 Å². The first-order valence-electron chi connectivity index (χ1n) is 4.79. The molecule has 0 radical (unpaired) electrons. The maximum absolute atomic E-state index is 5.45. The molecule has 0 saturated carbocycles. The summed E-state index contributed by atoms with van der Waals surface area (Å²) in [6.07, 6.45) is 1.05. The smallest absolute Gasteiger partial charge is 0.125 e. The predicted molar refractivity (Wildman–Crippen MR) is 60.8 cm³/mol. The zero-order valence-electron chi connectivity index (χ0n) is 8.48. The van der Waals surface area contributed by atoms with Crippen LogP contribution in [0.15, 0.2) is 10.5 Å². The van der Waals surface area contributed by atoms with E-state index in [1.54, 1.807) is 7.11 Å². The highest BCUT2D eigenvalue weighted by Crippen LogP contribution is 2.34. The van der Waals surface area contributed by atoms with Crippen LogP contribution in [0.5, 0.6) is 5.75 Å². The normalized spacial score (nSPS) is 15.1. The van der Waals surface area contributed by atoms with E-state index in [1.807, 2.05) is 0 Å². The molecule has 1 aliphatic rings. The highest BCUT2D eigenvalue weighted by atomic mass is 79.9. The van der Waals surface area contributed by atoms with Crippen LogP contribution in [0.25, 0.3) is 0 Å². The fourth-order valence-electron chi connectivity index (χ4n) is 2.03. The fraction of sp³-hybridized carbons (Fsp3) is 0.455. The quantitative estimate of drug-likeness (QED) is 0.833. The molecule has 1 aliphatic heterocycles. The van der Waals surface area contributed by atoms with E-state index in [9.17, 15) is 0 Å². The van der Waals surface area contributed by atoms with Gasteiger partial charge in [-0.25, -0.2) is 0 Å². The third kappa shape index (κ3) is 1.55. The van der Waals surface area contributed by atoms with E-state index in [0.29, 0.717) is 0 Å². The molecule has 1 aromatic carbocycles. The van der Waals surface area contributed by atoms with Gasteiger partial charge in [0.2, 0.25) is 0 Å². The van der Waals surface area contributed by atoms with Gasteiger partial charge in [-0.15, -0.1) is 0 Å². The fourth-order valence-corrected chi connectivity index (χ4v) is 2.75. The molecule has 1 heterocycles. The van der Waals surface area contributed by atoms with Crippen LogP contribution < -0.4 is 10.1 Å². The number of aryl methyl sites for hydroxylation is 1. The number of halogens is 1. The van der Waals surface area contributed by atoms with Gasteiger partial charge in [0.1, 0.15) is 5.75 Å². The lowest BCUT2D eigenvalue weighted by Crippen LogP contribution is -2.24. The zero-order valence-corrected chi connectivity index (χ0v) is 10.1. The van der Waals surface area contributed by atoms with Crippen LogP contribution in [0.2, 0.25) is 0 Å². The van der Waals surface area contributed by atoms with Crippen LogP contribution in [-0.4, -0.2) is 13.7 Å². The summed E-state index contributed by atoms with van der Waals surface area (Å²) in [5.41, 5.74) is 3.91. The van der Waals surface area contributed by atoms with Crippen LogP contribution in [0.3, 0.4) is 0 Å². The molecule has 76 valence electrons. The summed E-state index contributed by atoms with van der Waals surface area (Å²) in [6, 6.07) is 2.13. The number of fused-ring (bicyclic) bond motifs is 1. The Bertz CT molecular complexity index is 343. The molecule has 2 nitrogen and oxygen atoms in total. The van der Waals surface area contributed by atoms with Gasteiger partial charge in [0.05, 0.1) is 7.11 Å². The van der Waals surface area contributed by atoms with Crippen molar-refractivity contribution in [3.05, 3.63) is 27.2 Å². The van der Waals surface area contributed by atoms with E-state index in [0.717, 1.165) is 25.3 Å². The summed E-state index contributed by atoms with van der Waals surface area (Å²) in [7, 11) is 1.75. The van der Waals surface area contributed by atoms with Crippen LogP contribution in [0, 0.1) is 6.92 Å². The van der Waals surface area contributed by atoms with E-state index >= 15 is 0 Å². The molecule has 0 saturated heterocycles. The van der Waals surface area contributed by atoms with Crippen molar-refractivity contribution < 1.29 is 4.74 Å². The summed E-state index contributed by atoms with van der Waals surface area (Å²) in [5, 5.41) is 3.37. The number of benzene rings is 1. The van der Waals surface area contributed by atoms with Gasteiger partial charge in [0.15, 0.2) is 0 Å². The number of hydrogen-bond acceptors (Lipinski definition) is 2. The Morgan fingerprint density at radius 2 is 2.21 bits per heavy atom. The molecule has 0 bridgehead atoms. The standard InChI is InChI=1S/C11H14BrNO/c1-7-5-10(12)9-6-13-4-3-8(9)11(7)14-2/h5,13H,3-4,6H2,1-2H3. The minimum atomic E-state index is 0.937. The minimum absolute atomic E-state index is 0.937. The second-order valence-electron chi connectivity index (χ2n) is 3.59. The van der Waals surface area contributed by atoms with Crippen molar-refractivity contribution in [3.63, 3.8) is 0 Å². The molecule has 14 heavy (non-hydrogen) atoms. The SMILES string of the molecule is COc1c(C)cc(Br)c2c1CCNC2. The number of methoxy groups -OCH3 is 1. The second-order valence-corrected chi connectivity index (χ2v) is 4.45. The highest BCUT2D eigenvalue weighted by molar-refractivity contribution is 9.10. The van der Waals surface area contributed by atoms with E-state index in [1.165, 1.54) is 21.2 Å². The highest BCUT2D eigenvalue weighted by Gasteiger charge is 2.18. The van der Waals surface area contributed by atoms with Gasteiger partial charge in [-0.2, -0.15) is 0 Å². The first kappa shape index (κ1) is 9.99. The van der Waals surface area contributed by atoms with Crippen molar-refractivity contribution in [2.75, 3.05) is 13.7 Å². The van der Waals surface area contributed by atoms with Crippen molar-refractivity contribution in [2.24, 2.45) is 0 Å². The molecule has 0 aliphatic carbocycles. The molecule has 0 atom stereocenters. The zero-order chi connectivity index (χ0) is 10.1. The van der Waals surface area contributed by atoms with E-state index in [2.05, 4.69) is 34.2 Å². The maximum atomic E-state index is 5.45. The largest absolute Gasteiger partial charge is 0.496 e. The van der Waals surface area contributed by atoms with Gasteiger partial charge in [-0.05, 0) is 37.1 Å². The summed E-state index contributed by atoms with van der Waals surface area (Å²) >= 11 is 3.60. The first-order chi connectivity index (χ1) is 6.74. The Labute approximate surface area is 92.8 Å². The molecule has 0 fully saturated rings. The summed E-state index contributed by atoms with van der Waals surface area (Å²) < 4.78 is 6.64. The van der Waals surface area contributed by atoms with Crippen LogP contribution >= 0.6 is 15.9 Å². The molecule has 1 N–H and O–H groups in total. The van der Waals surface area contributed by atoms with E-state index in [-0.39, 0.29) is 0 Å². The second kappa shape index (κ2) is 3.91. The van der Waals surface area contributed by atoms with E-state index in [4.69, 9.17) is 4.74 Å². The molecule has 2 rings (SSSR count). The number of nitrogens with one attached hydrogen (secondary N) is 1. The molecule has 0 aromatic heterocycles. The van der Waals surface area contributed by atoms with Crippen LogP contribution in [0.4, 0.5) is 0 Å². The Balaban J connectivity index is 2.61. The third-order valence-corrected chi connectivity index (χ3v) is 3.39. The number of hydrogen-bond donors (Lipinski definition) is 1. The summed E-state index contributed by atoms with van der Waals surface area (Å²) in [5.74, 6) is 1.06. The lowest BCUT2D eigenvalue weighted by atomic mass is 9.97. The lowest BCUT2D eigenvalue weighted by Gasteiger charge is -2.22. The number of rotatable bonds is 1. The lowest BCUT2D eigenvalue weighted by molar-refractivity contribution is 0.402. The maximum Gasteiger partial charge on any atom is 0.125 e. The molecule has 0 spiro atoms. The number of ether oxygens (including phenoxy) is 1. The van der Waals surface area contributed by atoms with E-state index < -0.39 is 0 Å². The molecular weight excluding hydrogens is 242 g/mol. The average Bonchev–Trinajstić information content (AvgIpc) is 2.18. The Kier molecular flexibility index (Phi) is 2.79. The predicted octanol–water partition coefficient (Wildman–Crippen LogP) is 2.41. The topological polar surface area (TPSA) is 21.3 Å². The minimum Gasteiger partial charge on any atom is -0.496 e. The van der Waals surface area contributed by atoms with Gasteiger partial charge in [-0.1, -0.05) is 15.9 Å². The molecule has 3 heteroatoms. The molecule has 0 unspecified atom stereocenters. The van der Waals surface area contributed by atoms with Gasteiger partial charge < -0.3 is 10.1 Å². The average molecular weight is 256 g/mol. The Hall–Kier alpha value is -0.540. The summed E-state index contributed by atoms with van der Waals surface area (Å²) in [6.45, 7) is 4.07. The third-order valence-electron chi connectivity index (χ3n) is 2.69. The summed E-state index contributed by atoms with van der Waals surface area (Å²) in [4.78, 5) is 0. The van der Waals surface area contributed by atoms with Gasteiger partial charge in [0.25, 0.3) is 0 Å². The van der Waals surface area contributed by atoms with Crippen molar-refractivity contribution in [1.29, 1.82) is 0 Å². The Morgan fingerprint density at radius 1 is 1.43 bits per heavy atom. The Morgan fingerprint density at radius 3 is 2.93 bits per heavy atom. The monoisotopic (exact) mass is 255 g/mol. The van der Waals surface area contributed by atoms with Gasteiger partial charge in [-0.3, -0.25) is 0 Å². The first-order valence-corrected chi connectivity index (χ1v) is 5.59. The van der Waals surface area contributed by atoms with Crippen LogP contribution in [-0.2, 0) is 13.0 Å². The van der Waals surface area contributed by atoms with Gasteiger partial charge >= 0.3 is 0 Å². The van der Waals surface area contributed by atoms with Crippen molar-refractivity contribution in [1.82, 2.24) is 5.32 Å². The van der Waals surface area contributed by atoms with Gasteiger partial charge in [0, 0.05) is 16.6 Å². The molecule has 0 amide bonds.